The van der Waals surface area contributed by atoms with Crippen LogP contribution < -0.4 is 19.2 Å². The van der Waals surface area contributed by atoms with E-state index in [4.69, 9.17) is 9.47 Å². The molecule has 4 rings (SSSR count). The van der Waals surface area contributed by atoms with Crippen LogP contribution in [-0.2, 0) is 6.54 Å². The Morgan fingerprint density at radius 2 is 1.82 bits per heavy atom. The van der Waals surface area contributed by atoms with Crippen LogP contribution in [0, 0.1) is 0 Å². The molecule has 1 aliphatic rings. The molecule has 2 aromatic carbocycles. The van der Waals surface area contributed by atoms with Crippen molar-refractivity contribution in [1.82, 2.24) is 4.57 Å². The van der Waals surface area contributed by atoms with Crippen LogP contribution in [0.4, 0.5) is 5.69 Å². The van der Waals surface area contributed by atoms with Gasteiger partial charge in [0.05, 0.1) is 10.2 Å². The van der Waals surface area contributed by atoms with Crippen LogP contribution in [0.5, 0.6) is 11.5 Å². The van der Waals surface area contributed by atoms with Gasteiger partial charge in [-0.2, -0.15) is 4.99 Å². The molecule has 1 aromatic heterocycles. The quantitative estimate of drug-likeness (QED) is 0.674. The molecule has 28 heavy (non-hydrogen) atoms. The van der Waals surface area contributed by atoms with Gasteiger partial charge in [0, 0.05) is 44.0 Å². The van der Waals surface area contributed by atoms with E-state index in [1.807, 2.05) is 55.4 Å². The lowest BCUT2D eigenvalue weighted by atomic mass is 10.2. The molecule has 0 bridgehead atoms. The van der Waals surface area contributed by atoms with Gasteiger partial charge in [-0.05, 0) is 30.7 Å². The van der Waals surface area contributed by atoms with Crippen LogP contribution in [0.2, 0.25) is 0 Å². The van der Waals surface area contributed by atoms with Crippen molar-refractivity contribution >= 4 is 33.1 Å². The average Bonchev–Trinajstić information content (AvgIpc) is 3.02. The van der Waals surface area contributed by atoms with Gasteiger partial charge in [0.25, 0.3) is 5.91 Å². The fraction of sp³-hybridized carbons (Fsp3) is 0.333. The van der Waals surface area contributed by atoms with E-state index in [0.717, 1.165) is 40.4 Å². The smallest absolute Gasteiger partial charge is 0.279 e. The molecule has 6 nitrogen and oxygen atoms in total. The van der Waals surface area contributed by atoms with Crippen LogP contribution in [0.15, 0.2) is 41.4 Å². The number of anilines is 1. The Hall–Kier alpha value is -2.80. The number of nitrogens with zero attached hydrogens (tertiary/aromatic N) is 3. The number of rotatable bonds is 4. The van der Waals surface area contributed by atoms with Crippen LogP contribution in [0.3, 0.4) is 0 Å². The Kier molecular flexibility index (Phi) is 5.09. The number of benzene rings is 2. The van der Waals surface area contributed by atoms with Crippen LogP contribution in [-0.4, -0.2) is 37.8 Å². The zero-order valence-electron chi connectivity index (χ0n) is 16.3. The molecular weight excluding hydrogens is 374 g/mol. The second-order valence-corrected chi connectivity index (χ2v) is 7.87. The zero-order valence-corrected chi connectivity index (χ0v) is 17.1. The van der Waals surface area contributed by atoms with Gasteiger partial charge < -0.3 is 18.9 Å². The topological polar surface area (TPSA) is 56.1 Å². The Labute approximate surface area is 167 Å². The van der Waals surface area contributed by atoms with Crippen LogP contribution in [0.1, 0.15) is 23.7 Å². The minimum Gasteiger partial charge on any atom is -0.486 e. The molecule has 0 atom stereocenters. The monoisotopic (exact) mass is 397 g/mol. The van der Waals surface area contributed by atoms with Crippen molar-refractivity contribution in [2.75, 3.05) is 32.2 Å². The lowest BCUT2D eigenvalue weighted by molar-refractivity contribution is 0.0998. The number of hydrogen-bond acceptors (Lipinski definition) is 5. The van der Waals surface area contributed by atoms with Crippen LogP contribution >= 0.6 is 11.3 Å². The van der Waals surface area contributed by atoms with Gasteiger partial charge in [0.1, 0.15) is 13.2 Å². The maximum Gasteiger partial charge on any atom is 0.279 e. The third-order valence-corrected chi connectivity index (χ3v) is 5.66. The summed E-state index contributed by atoms with van der Waals surface area (Å²) in [4.78, 5) is 19.9. The summed E-state index contributed by atoms with van der Waals surface area (Å²) in [7, 11) is 3.94. The lowest BCUT2D eigenvalue weighted by Crippen LogP contribution is -2.17. The van der Waals surface area contributed by atoms with Gasteiger partial charge in [-0.15, -0.1) is 0 Å². The highest BCUT2D eigenvalue weighted by atomic mass is 32.1. The van der Waals surface area contributed by atoms with E-state index in [2.05, 4.69) is 16.5 Å². The van der Waals surface area contributed by atoms with E-state index < -0.39 is 0 Å². The predicted molar refractivity (Wildman–Crippen MR) is 112 cm³/mol. The fourth-order valence-electron chi connectivity index (χ4n) is 3.19. The van der Waals surface area contributed by atoms with E-state index in [9.17, 15) is 4.79 Å². The van der Waals surface area contributed by atoms with Crippen molar-refractivity contribution in [3.8, 4) is 11.5 Å². The number of fused-ring (bicyclic) bond motifs is 2. The van der Waals surface area contributed by atoms with Crippen molar-refractivity contribution in [3.05, 3.63) is 46.8 Å². The summed E-state index contributed by atoms with van der Waals surface area (Å²) >= 11 is 1.50. The van der Waals surface area contributed by atoms with Gasteiger partial charge in [-0.3, -0.25) is 4.79 Å². The van der Waals surface area contributed by atoms with Gasteiger partial charge >= 0.3 is 0 Å². The molecule has 0 aliphatic carbocycles. The van der Waals surface area contributed by atoms with E-state index in [-0.39, 0.29) is 5.91 Å². The molecule has 1 amide bonds. The molecule has 0 radical (unpaired) electrons. The number of aromatic nitrogens is 1. The summed E-state index contributed by atoms with van der Waals surface area (Å²) < 4.78 is 14.5. The molecule has 0 spiro atoms. The van der Waals surface area contributed by atoms with Gasteiger partial charge in [0.2, 0.25) is 0 Å². The lowest BCUT2D eigenvalue weighted by Gasteiger charge is -2.18. The first-order valence-electron chi connectivity index (χ1n) is 9.36. The van der Waals surface area contributed by atoms with Crippen molar-refractivity contribution in [3.63, 3.8) is 0 Å². The molecule has 3 aromatic rings. The zero-order chi connectivity index (χ0) is 19.7. The third-order valence-electron chi connectivity index (χ3n) is 4.62. The highest BCUT2D eigenvalue weighted by Gasteiger charge is 2.17. The molecule has 0 saturated heterocycles. The van der Waals surface area contributed by atoms with E-state index in [1.165, 1.54) is 11.3 Å². The minimum absolute atomic E-state index is 0.237. The molecule has 7 heteroatoms. The number of hydrogen-bond donors (Lipinski definition) is 0. The van der Waals surface area contributed by atoms with E-state index >= 15 is 0 Å². The fourth-order valence-corrected chi connectivity index (χ4v) is 4.25. The largest absolute Gasteiger partial charge is 0.486 e. The Morgan fingerprint density at radius 1 is 1.14 bits per heavy atom. The molecule has 146 valence electrons. The Bertz CT molecular complexity index is 1080. The third kappa shape index (κ3) is 3.49. The summed E-state index contributed by atoms with van der Waals surface area (Å²) in [6.45, 7) is 4.00. The molecule has 0 unspecified atom stereocenters. The molecule has 0 saturated carbocycles. The first-order chi connectivity index (χ1) is 13.6. The van der Waals surface area contributed by atoms with E-state index in [0.29, 0.717) is 23.6 Å². The standard InChI is InChI=1S/C21H23N3O3S/c1-4-9-24-16-12-17-18(27-11-10-26-17)13-19(16)28-21(24)22-20(25)14-5-7-15(8-6-14)23(2)3/h5-8,12-13H,4,9-11H2,1-3H3. The molecule has 0 fully saturated rings. The van der Waals surface area contributed by atoms with Crippen molar-refractivity contribution in [1.29, 1.82) is 0 Å². The summed E-state index contributed by atoms with van der Waals surface area (Å²) in [6.07, 6.45) is 0.944. The van der Waals surface area contributed by atoms with E-state index in [1.54, 1.807) is 0 Å². The number of carbonyl (C=O) groups excluding carboxylic acids is 1. The summed E-state index contributed by atoms with van der Waals surface area (Å²) in [6, 6.07) is 11.5. The first-order valence-corrected chi connectivity index (χ1v) is 10.2. The van der Waals surface area contributed by atoms with Crippen molar-refractivity contribution in [2.24, 2.45) is 4.99 Å². The number of carbonyl (C=O) groups is 1. The normalized spacial score (nSPS) is 13.8. The minimum atomic E-state index is -0.237. The highest BCUT2D eigenvalue weighted by Crippen LogP contribution is 2.35. The number of ether oxygens (including phenoxy) is 2. The van der Waals surface area contributed by atoms with Crippen molar-refractivity contribution in [2.45, 2.75) is 19.9 Å². The maximum absolute atomic E-state index is 12.7. The molecule has 2 heterocycles. The molecule has 1 aliphatic heterocycles. The van der Waals surface area contributed by atoms with Gasteiger partial charge in [0.15, 0.2) is 16.3 Å². The Balaban J connectivity index is 1.77. The summed E-state index contributed by atoms with van der Waals surface area (Å²) in [5, 5.41) is 0. The Morgan fingerprint density at radius 3 is 2.46 bits per heavy atom. The summed E-state index contributed by atoms with van der Waals surface area (Å²) in [5.74, 6) is 1.26. The summed E-state index contributed by atoms with van der Waals surface area (Å²) in [5.41, 5.74) is 2.65. The SMILES string of the molecule is CCCn1c(=NC(=O)c2ccc(N(C)C)cc2)sc2cc3c(cc21)OCCO3. The predicted octanol–water partition coefficient (Wildman–Crippen LogP) is 3.69. The molecule has 0 N–H and O–H groups in total. The first kappa shape index (κ1) is 18.6. The highest BCUT2D eigenvalue weighted by molar-refractivity contribution is 7.16. The average molecular weight is 398 g/mol. The van der Waals surface area contributed by atoms with Crippen LogP contribution in [0.25, 0.3) is 10.2 Å². The van der Waals surface area contributed by atoms with Crippen molar-refractivity contribution < 1.29 is 14.3 Å². The van der Waals surface area contributed by atoms with Gasteiger partial charge in [-0.1, -0.05) is 18.3 Å². The van der Waals surface area contributed by atoms with Gasteiger partial charge in [-0.25, -0.2) is 0 Å². The second-order valence-electron chi connectivity index (χ2n) is 6.86. The number of thiazole rings is 1. The second kappa shape index (κ2) is 7.67. The number of aryl methyl sites for hydroxylation is 1. The maximum atomic E-state index is 12.7. The molecular formula is C21H23N3O3S. The number of amides is 1.